The first-order chi connectivity index (χ1) is 9.06. The minimum absolute atomic E-state index is 0.0525. The second kappa shape index (κ2) is 5.89. The number of amides is 1. The van der Waals surface area contributed by atoms with Crippen molar-refractivity contribution in [2.75, 3.05) is 10.6 Å². The van der Waals surface area contributed by atoms with Gasteiger partial charge in [0.25, 0.3) is 0 Å². The molecule has 3 nitrogen and oxygen atoms in total. The Kier molecular flexibility index (Phi) is 4.22. The van der Waals surface area contributed by atoms with Gasteiger partial charge in [-0.05, 0) is 55.1 Å². The zero-order valence-corrected chi connectivity index (χ0v) is 12.2. The van der Waals surface area contributed by atoms with Gasteiger partial charge in [0.05, 0.1) is 6.04 Å². The van der Waals surface area contributed by atoms with E-state index < -0.39 is 0 Å². The van der Waals surface area contributed by atoms with Crippen LogP contribution in [-0.4, -0.2) is 5.91 Å². The van der Waals surface area contributed by atoms with E-state index in [1.807, 2.05) is 24.3 Å². The summed E-state index contributed by atoms with van der Waals surface area (Å²) in [6, 6.07) is 10.2. The van der Waals surface area contributed by atoms with Crippen molar-refractivity contribution in [3.05, 3.63) is 46.2 Å². The van der Waals surface area contributed by atoms with Crippen LogP contribution in [0.25, 0.3) is 0 Å². The quantitative estimate of drug-likeness (QED) is 0.877. The number of rotatable bonds is 4. The Hall–Kier alpha value is -1.81. The maximum atomic E-state index is 10.9. The summed E-state index contributed by atoms with van der Waals surface area (Å²) in [5, 5.41) is 8.33. The third kappa shape index (κ3) is 3.58. The van der Waals surface area contributed by atoms with Crippen molar-refractivity contribution in [2.24, 2.45) is 0 Å². The molecule has 2 aromatic rings. The van der Waals surface area contributed by atoms with Crippen LogP contribution in [0.4, 0.5) is 11.4 Å². The predicted octanol–water partition coefficient (Wildman–Crippen LogP) is 4.19. The Morgan fingerprint density at radius 2 is 1.79 bits per heavy atom. The molecule has 2 N–H and O–H groups in total. The van der Waals surface area contributed by atoms with E-state index in [1.165, 1.54) is 17.4 Å². The minimum atomic E-state index is -0.0525. The molecule has 1 aromatic heterocycles. The van der Waals surface area contributed by atoms with Gasteiger partial charge >= 0.3 is 0 Å². The monoisotopic (exact) mass is 274 g/mol. The number of carbonyl (C=O) groups excluding carboxylic acids is 1. The van der Waals surface area contributed by atoms with Crippen molar-refractivity contribution in [1.29, 1.82) is 0 Å². The van der Waals surface area contributed by atoms with Gasteiger partial charge in [-0.1, -0.05) is 0 Å². The number of aryl methyl sites for hydroxylation is 1. The number of anilines is 2. The molecule has 0 radical (unpaired) electrons. The molecule has 0 spiro atoms. The van der Waals surface area contributed by atoms with Crippen LogP contribution < -0.4 is 10.6 Å². The molecule has 1 heterocycles. The van der Waals surface area contributed by atoms with E-state index in [0.29, 0.717) is 0 Å². The average molecular weight is 274 g/mol. The van der Waals surface area contributed by atoms with Crippen LogP contribution >= 0.6 is 11.3 Å². The zero-order valence-electron chi connectivity index (χ0n) is 11.4. The van der Waals surface area contributed by atoms with Crippen LogP contribution in [0.1, 0.15) is 30.3 Å². The molecule has 0 saturated heterocycles. The third-order valence-corrected chi connectivity index (χ3v) is 4.09. The molecular weight excluding hydrogens is 256 g/mol. The molecule has 0 aliphatic carbocycles. The van der Waals surface area contributed by atoms with Gasteiger partial charge in [0.15, 0.2) is 0 Å². The fourth-order valence-corrected chi connectivity index (χ4v) is 2.93. The molecule has 1 unspecified atom stereocenters. The minimum Gasteiger partial charge on any atom is -0.378 e. The van der Waals surface area contributed by atoms with Crippen LogP contribution in [0.5, 0.6) is 0 Å². The van der Waals surface area contributed by atoms with E-state index in [1.54, 1.807) is 11.3 Å². The number of hydrogen-bond acceptors (Lipinski definition) is 3. The number of benzene rings is 1. The molecule has 1 aromatic carbocycles. The lowest BCUT2D eigenvalue weighted by Gasteiger charge is -2.15. The molecule has 1 amide bonds. The Morgan fingerprint density at radius 1 is 1.16 bits per heavy atom. The summed E-state index contributed by atoms with van der Waals surface area (Å²) in [4.78, 5) is 12.3. The molecule has 0 bridgehead atoms. The van der Waals surface area contributed by atoms with Crippen LogP contribution in [0.2, 0.25) is 0 Å². The average Bonchev–Trinajstić information content (AvgIpc) is 2.77. The first-order valence-electron chi connectivity index (χ1n) is 6.24. The van der Waals surface area contributed by atoms with Crippen molar-refractivity contribution in [1.82, 2.24) is 0 Å². The summed E-state index contributed by atoms with van der Waals surface area (Å²) in [7, 11) is 0. The van der Waals surface area contributed by atoms with Crippen LogP contribution in [0, 0.1) is 6.92 Å². The molecule has 0 aliphatic heterocycles. The summed E-state index contributed by atoms with van der Waals surface area (Å²) in [5.74, 6) is -0.0525. The van der Waals surface area contributed by atoms with Crippen LogP contribution in [0.3, 0.4) is 0 Å². The highest BCUT2D eigenvalue weighted by Gasteiger charge is 2.09. The molecule has 0 saturated carbocycles. The van der Waals surface area contributed by atoms with Gasteiger partial charge in [0.2, 0.25) is 5.91 Å². The second-order valence-electron chi connectivity index (χ2n) is 4.59. The van der Waals surface area contributed by atoms with Gasteiger partial charge in [-0.3, -0.25) is 4.79 Å². The van der Waals surface area contributed by atoms with Crippen LogP contribution in [-0.2, 0) is 4.79 Å². The largest absolute Gasteiger partial charge is 0.378 e. The summed E-state index contributed by atoms with van der Waals surface area (Å²) in [5.41, 5.74) is 3.19. The fourth-order valence-electron chi connectivity index (χ4n) is 2.00. The van der Waals surface area contributed by atoms with Gasteiger partial charge in [-0.25, -0.2) is 0 Å². The summed E-state index contributed by atoms with van der Waals surface area (Å²) in [6.45, 7) is 5.79. The lowest BCUT2D eigenvalue weighted by molar-refractivity contribution is -0.114. The van der Waals surface area contributed by atoms with Gasteiger partial charge in [0.1, 0.15) is 0 Å². The third-order valence-electron chi connectivity index (χ3n) is 2.88. The second-order valence-corrected chi connectivity index (χ2v) is 5.54. The van der Waals surface area contributed by atoms with Crippen molar-refractivity contribution >= 4 is 28.6 Å². The molecular formula is C15H18N2OS. The SMILES string of the molecule is CC(=O)Nc1ccc(NC(C)c2sccc2C)cc1. The molecule has 4 heteroatoms. The molecule has 19 heavy (non-hydrogen) atoms. The van der Waals surface area contributed by atoms with Crippen molar-refractivity contribution < 1.29 is 4.79 Å². The van der Waals surface area contributed by atoms with Gasteiger partial charge in [-0.2, -0.15) is 0 Å². The molecule has 100 valence electrons. The molecule has 2 rings (SSSR count). The van der Waals surface area contributed by atoms with Gasteiger partial charge in [0, 0.05) is 23.2 Å². The lowest BCUT2D eigenvalue weighted by atomic mass is 10.2. The maximum absolute atomic E-state index is 10.9. The fraction of sp³-hybridized carbons (Fsp3) is 0.267. The predicted molar refractivity (Wildman–Crippen MR) is 81.8 cm³/mol. The van der Waals surface area contributed by atoms with E-state index >= 15 is 0 Å². The molecule has 0 aliphatic rings. The number of carbonyl (C=O) groups is 1. The highest BCUT2D eigenvalue weighted by atomic mass is 32.1. The Bertz CT molecular complexity index is 560. The topological polar surface area (TPSA) is 41.1 Å². The van der Waals surface area contributed by atoms with E-state index in [-0.39, 0.29) is 11.9 Å². The summed E-state index contributed by atoms with van der Waals surface area (Å²) < 4.78 is 0. The van der Waals surface area contributed by atoms with Crippen LogP contribution in [0.15, 0.2) is 35.7 Å². The Labute approximate surface area is 117 Å². The normalized spacial score (nSPS) is 11.9. The molecule has 0 fully saturated rings. The van der Waals surface area contributed by atoms with E-state index in [9.17, 15) is 4.79 Å². The lowest BCUT2D eigenvalue weighted by Crippen LogP contribution is -2.07. The number of thiophene rings is 1. The Morgan fingerprint density at radius 3 is 2.32 bits per heavy atom. The molecule has 1 atom stereocenters. The highest BCUT2D eigenvalue weighted by molar-refractivity contribution is 7.10. The van der Waals surface area contributed by atoms with E-state index in [4.69, 9.17) is 0 Å². The summed E-state index contributed by atoms with van der Waals surface area (Å²) >= 11 is 1.77. The van der Waals surface area contributed by atoms with E-state index in [2.05, 4.69) is 35.9 Å². The smallest absolute Gasteiger partial charge is 0.221 e. The van der Waals surface area contributed by atoms with Crippen molar-refractivity contribution in [3.8, 4) is 0 Å². The maximum Gasteiger partial charge on any atom is 0.221 e. The number of hydrogen-bond donors (Lipinski definition) is 2. The van der Waals surface area contributed by atoms with Gasteiger partial charge < -0.3 is 10.6 Å². The van der Waals surface area contributed by atoms with Crippen molar-refractivity contribution in [3.63, 3.8) is 0 Å². The first kappa shape index (κ1) is 13.6. The first-order valence-corrected chi connectivity index (χ1v) is 7.12. The number of nitrogens with one attached hydrogen (secondary N) is 2. The highest BCUT2D eigenvalue weighted by Crippen LogP contribution is 2.27. The Balaban J connectivity index is 2.03. The summed E-state index contributed by atoms with van der Waals surface area (Å²) in [6.07, 6.45) is 0. The standard InChI is InChI=1S/C15H18N2OS/c1-10-8-9-19-15(10)11(2)16-13-4-6-14(7-5-13)17-12(3)18/h4-9,11,16H,1-3H3,(H,17,18). The van der Waals surface area contributed by atoms with E-state index in [0.717, 1.165) is 11.4 Å². The van der Waals surface area contributed by atoms with Gasteiger partial charge in [-0.15, -0.1) is 11.3 Å². The zero-order chi connectivity index (χ0) is 13.8. The van der Waals surface area contributed by atoms with Crippen molar-refractivity contribution in [2.45, 2.75) is 26.8 Å².